The van der Waals surface area contributed by atoms with Gasteiger partial charge in [0.05, 0.1) is 27.0 Å². The molecular formula is C49H64N4O12. The van der Waals surface area contributed by atoms with Crippen LogP contribution in [-0.2, 0) is 73.7 Å². The molecular weight excluding hydrogens is 837 g/mol. The first-order chi connectivity index (χ1) is 30.2. The summed E-state index contributed by atoms with van der Waals surface area (Å²) in [6.07, 6.45) is -5.01. The summed E-state index contributed by atoms with van der Waals surface area (Å²) in [5, 5.41) is 5.03. The molecule has 4 aromatic rings. The van der Waals surface area contributed by atoms with Gasteiger partial charge in [0.25, 0.3) is 0 Å². The van der Waals surface area contributed by atoms with E-state index >= 15 is 0 Å². The first-order valence-corrected chi connectivity index (χ1v) is 21.7. The molecule has 0 radical (unpaired) electrons. The van der Waals surface area contributed by atoms with Gasteiger partial charge in [0.2, 0.25) is 24.2 Å². The van der Waals surface area contributed by atoms with Crippen LogP contribution >= 0.6 is 0 Å². The zero-order valence-corrected chi connectivity index (χ0v) is 39.6. The topological polar surface area (TPSA) is 207 Å². The summed E-state index contributed by atoms with van der Waals surface area (Å²) in [5.41, 5.74) is 4.57. The van der Waals surface area contributed by atoms with Gasteiger partial charge in [-0.1, -0.05) is 42.5 Å². The maximum atomic E-state index is 13.8. The lowest BCUT2D eigenvalue weighted by atomic mass is 9.93. The Morgan fingerprint density at radius 2 is 1.22 bits per heavy atom. The minimum atomic E-state index is -1.64. The second-order valence-corrected chi connectivity index (χ2v) is 20.4. The average Bonchev–Trinajstić information content (AvgIpc) is 3.55. The molecule has 1 aliphatic heterocycles. The van der Waals surface area contributed by atoms with E-state index in [9.17, 15) is 24.0 Å². The molecule has 352 valence electrons. The predicted molar refractivity (Wildman–Crippen MR) is 239 cm³/mol. The maximum Gasteiger partial charge on any atom is 0.311 e. The number of amides is 1. The molecule has 1 saturated heterocycles. The number of carbonyl (C=O) groups excluding carboxylic acids is 5. The zero-order chi connectivity index (χ0) is 48.1. The van der Waals surface area contributed by atoms with Gasteiger partial charge in [0, 0.05) is 6.20 Å². The third kappa shape index (κ3) is 13.3. The highest BCUT2D eigenvalue weighted by atomic mass is 16.7. The maximum absolute atomic E-state index is 13.8. The van der Waals surface area contributed by atoms with Crippen molar-refractivity contribution < 1.29 is 57.1 Å². The molecule has 5 rings (SSSR count). The number of nitrogens with two attached hydrogens (primary N) is 1. The van der Waals surface area contributed by atoms with Crippen molar-refractivity contribution in [3.8, 4) is 11.6 Å². The Kier molecular flexibility index (Phi) is 15.4. The first kappa shape index (κ1) is 50.0. The van der Waals surface area contributed by atoms with E-state index < -0.39 is 88.8 Å². The Morgan fingerprint density at radius 3 is 1.77 bits per heavy atom. The smallest absolute Gasteiger partial charge is 0.311 e. The SMILES string of the molecule is CC(C)(C)C(=O)OC[C@H]1O[C@@H](Oc2nn(CC(N)=O)c3nccc(CCc4ccc(OCc5ccccc5)cc4)c23)[C@H](OC(=O)C(C)(C)C)[C@@H](OC(=O)C(C)(C)C)[C@@H]1OC(=O)C(C)(C)C. The number of esters is 4. The summed E-state index contributed by atoms with van der Waals surface area (Å²) < 4.78 is 44.6. The van der Waals surface area contributed by atoms with Crippen LogP contribution in [-0.4, -0.2) is 81.9 Å². The summed E-state index contributed by atoms with van der Waals surface area (Å²) in [7, 11) is 0. The van der Waals surface area contributed by atoms with Crippen LogP contribution in [0.2, 0.25) is 0 Å². The molecule has 3 heterocycles. The molecule has 0 unspecified atom stereocenters. The van der Waals surface area contributed by atoms with Crippen molar-refractivity contribution in [2.45, 2.75) is 140 Å². The minimum absolute atomic E-state index is 0.0766. The molecule has 2 N–H and O–H groups in total. The zero-order valence-electron chi connectivity index (χ0n) is 39.6. The number of fused-ring (bicyclic) bond motifs is 1. The van der Waals surface area contributed by atoms with Gasteiger partial charge in [-0.15, -0.1) is 5.10 Å². The molecule has 2 aromatic carbocycles. The lowest BCUT2D eigenvalue weighted by molar-refractivity contribution is -0.294. The van der Waals surface area contributed by atoms with Crippen LogP contribution in [0.4, 0.5) is 0 Å². The number of ether oxygens (including phenoxy) is 7. The fraction of sp³-hybridized carbons (Fsp3) is 0.531. The van der Waals surface area contributed by atoms with Crippen molar-refractivity contribution in [1.29, 1.82) is 0 Å². The number of aromatic nitrogens is 3. The molecule has 0 bridgehead atoms. The highest BCUT2D eigenvalue weighted by molar-refractivity contribution is 5.86. The predicted octanol–water partition coefficient (Wildman–Crippen LogP) is 6.85. The van der Waals surface area contributed by atoms with E-state index in [1.807, 2.05) is 54.6 Å². The standard InChI is InChI=1S/C49H64N4O12/c1-46(2,3)42(55)60-28-33-36(62-43(56)47(4,5)6)37(63-44(57)48(7,8)9)38(64-45(58)49(10,11)12)41(61-33)65-40-35-31(24-25-51-39(35)53(52-40)26-34(50)54)21-18-29-19-22-32(23-20-29)59-27-30-16-14-13-15-17-30/h13-17,19-20,22-25,33,36-38,41H,18,21,26-28H2,1-12H3,(H2,50,54)/t33-,36-,37+,38-,41+/m1/s1. The quantitative estimate of drug-likeness (QED) is 0.0957. The van der Waals surface area contributed by atoms with Crippen molar-refractivity contribution in [2.24, 2.45) is 27.4 Å². The van der Waals surface area contributed by atoms with E-state index in [2.05, 4.69) is 10.1 Å². The molecule has 16 nitrogen and oxygen atoms in total. The fourth-order valence-electron chi connectivity index (χ4n) is 6.34. The highest BCUT2D eigenvalue weighted by Crippen LogP contribution is 2.37. The van der Waals surface area contributed by atoms with Gasteiger partial charge in [-0.05, 0) is 131 Å². The van der Waals surface area contributed by atoms with Crippen molar-refractivity contribution in [3.05, 3.63) is 83.6 Å². The molecule has 5 atom stereocenters. The van der Waals surface area contributed by atoms with Crippen LogP contribution in [0.5, 0.6) is 11.6 Å². The molecule has 65 heavy (non-hydrogen) atoms. The Labute approximate surface area is 380 Å². The van der Waals surface area contributed by atoms with Gasteiger partial charge in [-0.3, -0.25) is 24.0 Å². The second-order valence-electron chi connectivity index (χ2n) is 20.4. The summed E-state index contributed by atoms with van der Waals surface area (Å²) in [5.74, 6) is -2.80. The second kappa shape index (κ2) is 20.0. The summed E-state index contributed by atoms with van der Waals surface area (Å²) in [6.45, 7) is 19.3. The van der Waals surface area contributed by atoms with E-state index in [4.69, 9.17) is 38.9 Å². The van der Waals surface area contributed by atoms with Crippen LogP contribution < -0.4 is 15.2 Å². The number of hydrogen-bond donors (Lipinski definition) is 1. The van der Waals surface area contributed by atoms with Crippen molar-refractivity contribution in [3.63, 3.8) is 0 Å². The largest absolute Gasteiger partial charge is 0.489 e. The summed E-state index contributed by atoms with van der Waals surface area (Å²) in [4.78, 5) is 71.4. The van der Waals surface area contributed by atoms with Crippen LogP contribution in [0.1, 0.15) is 99.8 Å². The molecule has 0 spiro atoms. The number of carbonyl (C=O) groups is 5. The van der Waals surface area contributed by atoms with Crippen molar-refractivity contribution >= 4 is 40.8 Å². The van der Waals surface area contributed by atoms with Crippen LogP contribution in [0.25, 0.3) is 11.0 Å². The Bertz CT molecular complexity index is 2320. The minimum Gasteiger partial charge on any atom is -0.489 e. The molecule has 0 aliphatic carbocycles. The summed E-state index contributed by atoms with van der Waals surface area (Å²) >= 11 is 0. The fourth-order valence-corrected chi connectivity index (χ4v) is 6.34. The number of primary amides is 1. The number of nitrogens with zero attached hydrogens (tertiary/aromatic N) is 3. The van der Waals surface area contributed by atoms with Gasteiger partial charge < -0.3 is 38.9 Å². The van der Waals surface area contributed by atoms with E-state index in [1.165, 1.54) is 4.68 Å². The first-order valence-electron chi connectivity index (χ1n) is 21.7. The molecule has 0 saturated carbocycles. The molecule has 2 aromatic heterocycles. The number of benzene rings is 2. The van der Waals surface area contributed by atoms with Gasteiger partial charge in [-0.2, -0.15) is 0 Å². The average molecular weight is 901 g/mol. The van der Waals surface area contributed by atoms with Gasteiger partial charge >= 0.3 is 23.9 Å². The van der Waals surface area contributed by atoms with Crippen molar-refractivity contribution in [1.82, 2.24) is 14.8 Å². The number of hydrogen-bond acceptors (Lipinski definition) is 14. The Balaban J connectivity index is 1.59. The van der Waals surface area contributed by atoms with E-state index in [-0.39, 0.29) is 18.1 Å². The Hall–Kier alpha value is -6.03. The monoisotopic (exact) mass is 900 g/mol. The lowest BCUT2D eigenvalue weighted by Gasteiger charge is -2.45. The van der Waals surface area contributed by atoms with Gasteiger partial charge in [-0.25, -0.2) is 9.67 Å². The number of aryl methyl sites for hydroxylation is 2. The lowest BCUT2D eigenvalue weighted by Crippen LogP contribution is -2.65. The highest BCUT2D eigenvalue weighted by Gasteiger charge is 2.56. The molecule has 1 aliphatic rings. The third-order valence-electron chi connectivity index (χ3n) is 10.2. The van der Waals surface area contributed by atoms with E-state index in [0.717, 1.165) is 22.4 Å². The van der Waals surface area contributed by atoms with Gasteiger partial charge in [0.15, 0.2) is 17.9 Å². The third-order valence-corrected chi connectivity index (χ3v) is 10.2. The van der Waals surface area contributed by atoms with Gasteiger partial charge in [0.1, 0.15) is 31.6 Å². The summed E-state index contributed by atoms with van der Waals surface area (Å²) in [6, 6.07) is 19.4. The van der Waals surface area contributed by atoms with E-state index in [0.29, 0.717) is 24.8 Å². The van der Waals surface area contributed by atoms with Crippen LogP contribution in [0.15, 0.2) is 66.9 Å². The Morgan fingerprint density at radius 1 is 0.662 bits per heavy atom. The van der Waals surface area contributed by atoms with Crippen LogP contribution in [0.3, 0.4) is 0 Å². The number of rotatable bonds is 15. The van der Waals surface area contributed by atoms with Crippen LogP contribution in [0, 0.1) is 21.7 Å². The number of pyridine rings is 1. The van der Waals surface area contributed by atoms with E-state index in [1.54, 1.807) is 95.3 Å². The molecule has 16 heteroatoms. The molecule has 1 amide bonds. The normalized spacial score (nSPS) is 19.2. The van der Waals surface area contributed by atoms with Crippen molar-refractivity contribution in [2.75, 3.05) is 6.61 Å². The molecule has 1 fully saturated rings.